The molecule has 0 saturated heterocycles. The Kier molecular flexibility index (Phi) is 2.19. The second-order valence-corrected chi connectivity index (χ2v) is 3.55. The summed E-state index contributed by atoms with van der Waals surface area (Å²) in [5.74, 6) is -2.63. The van der Waals surface area contributed by atoms with Crippen LogP contribution in [0.15, 0.2) is 0 Å². The fourth-order valence-electron chi connectivity index (χ4n) is 1.30. The summed E-state index contributed by atoms with van der Waals surface area (Å²) in [6.07, 6.45) is -4.17. The molecule has 0 N–H and O–H groups in total. The summed E-state index contributed by atoms with van der Waals surface area (Å²) in [7, 11) is 0. The number of alkyl halides is 3. The zero-order valence-corrected chi connectivity index (χ0v) is 6.98. The SMILES string of the molecule is CC(C)C(=O)C1CC1C(F)(F)F. The van der Waals surface area contributed by atoms with Crippen molar-refractivity contribution in [2.45, 2.75) is 26.4 Å². The number of rotatable bonds is 2. The van der Waals surface area contributed by atoms with Gasteiger partial charge >= 0.3 is 6.18 Å². The van der Waals surface area contributed by atoms with E-state index in [9.17, 15) is 18.0 Å². The summed E-state index contributed by atoms with van der Waals surface area (Å²) in [6, 6.07) is 0. The van der Waals surface area contributed by atoms with Crippen LogP contribution in [0.5, 0.6) is 0 Å². The van der Waals surface area contributed by atoms with Crippen LogP contribution in [0.2, 0.25) is 0 Å². The highest BCUT2D eigenvalue weighted by Gasteiger charge is 2.58. The van der Waals surface area contributed by atoms with Gasteiger partial charge in [0.15, 0.2) is 0 Å². The topological polar surface area (TPSA) is 17.1 Å². The fourth-order valence-corrected chi connectivity index (χ4v) is 1.30. The van der Waals surface area contributed by atoms with E-state index in [-0.39, 0.29) is 18.1 Å². The van der Waals surface area contributed by atoms with E-state index in [0.717, 1.165) is 0 Å². The van der Waals surface area contributed by atoms with Crippen LogP contribution in [0, 0.1) is 17.8 Å². The smallest absolute Gasteiger partial charge is 0.299 e. The lowest BCUT2D eigenvalue weighted by Crippen LogP contribution is -2.18. The van der Waals surface area contributed by atoms with Crippen LogP contribution < -0.4 is 0 Å². The lowest BCUT2D eigenvalue weighted by Gasteiger charge is -2.05. The average molecular weight is 180 g/mol. The van der Waals surface area contributed by atoms with Gasteiger partial charge in [-0.3, -0.25) is 4.79 Å². The highest BCUT2D eigenvalue weighted by molar-refractivity contribution is 5.85. The maximum Gasteiger partial charge on any atom is 0.392 e. The third kappa shape index (κ3) is 1.79. The molecule has 0 heterocycles. The molecular formula is C8H11F3O. The first kappa shape index (κ1) is 9.55. The Morgan fingerprint density at radius 1 is 1.42 bits per heavy atom. The minimum Gasteiger partial charge on any atom is -0.299 e. The number of Topliss-reactive ketones (excluding diaryl/α,β-unsaturated/α-hetero) is 1. The van der Waals surface area contributed by atoms with Crippen molar-refractivity contribution in [3.63, 3.8) is 0 Å². The van der Waals surface area contributed by atoms with Gasteiger partial charge in [0.05, 0.1) is 5.92 Å². The predicted molar refractivity (Wildman–Crippen MR) is 37.5 cm³/mol. The molecule has 2 atom stereocenters. The van der Waals surface area contributed by atoms with Gasteiger partial charge in [0.25, 0.3) is 0 Å². The Balaban J connectivity index is 2.48. The maximum absolute atomic E-state index is 12.0. The maximum atomic E-state index is 12.0. The molecule has 1 rings (SSSR count). The molecule has 0 aromatic carbocycles. The quantitative estimate of drug-likeness (QED) is 0.637. The molecule has 0 aromatic heterocycles. The van der Waals surface area contributed by atoms with Crippen molar-refractivity contribution in [3.8, 4) is 0 Å². The predicted octanol–water partition coefficient (Wildman–Crippen LogP) is 2.41. The van der Waals surface area contributed by atoms with E-state index in [1.807, 2.05) is 0 Å². The molecular weight excluding hydrogens is 169 g/mol. The first-order valence-corrected chi connectivity index (χ1v) is 3.94. The Hall–Kier alpha value is -0.540. The second-order valence-electron chi connectivity index (χ2n) is 3.55. The number of hydrogen-bond donors (Lipinski definition) is 0. The molecule has 1 aliphatic rings. The number of carbonyl (C=O) groups excluding carboxylic acids is 1. The Labute approximate surface area is 68.9 Å². The highest BCUT2D eigenvalue weighted by Crippen LogP contribution is 2.51. The van der Waals surface area contributed by atoms with E-state index in [1.165, 1.54) is 0 Å². The van der Waals surface area contributed by atoms with Gasteiger partial charge in [0.1, 0.15) is 5.78 Å². The number of hydrogen-bond acceptors (Lipinski definition) is 1. The molecule has 4 heteroatoms. The van der Waals surface area contributed by atoms with Gasteiger partial charge in [-0.2, -0.15) is 13.2 Å². The third-order valence-electron chi connectivity index (χ3n) is 2.15. The van der Waals surface area contributed by atoms with E-state index in [2.05, 4.69) is 0 Å². The summed E-state index contributed by atoms with van der Waals surface area (Å²) in [5, 5.41) is 0. The summed E-state index contributed by atoms with van der Waals surface area (Å²) < 4.78 is 35.9. The summed E-state index contributed by atoms with van der Waals surface area (Å²) in [5.41, 5.74) is 0. The average Bonchev–Trinajstić information content (AvgIpc) is 2.61. The summed E-state index contributed by atoms with van der Waals surface area (Å²) in [4.78, 5) is 11.1. The van der Waals surface area contributed by atoms with Crippen molar-refractivity contribution >= 4 is 5.78 Å². The van der Waals surface area contributed by atoms with Crippen molar-refractivity contribution in [1.29, 1.82) is 0 Å². The molecule has 0 radical (unpaired) electrons. The molecule has 0 amide bonds. The number of carbonyl (C=O) groups is 1. The van der Waals surface area contributed by atoms with Gasteiger partial charge < -0.3 is 0 Å². The molecule has 70 valence electrons. The Morgan fingerprint density at radius 3 is 2.17 bits per heavy atom. The zero-order valence-electron chi connectivity index (χ0n) is 6.98. The van der Waals surface area contributed by atoms with E-state index >= 15 is 0 Å². The lowest BCUT2D eigenvalue weighted by atomic mass is 10.0. The van der Waals surface area contributed by atoms with Crippen molar-refractivity contribution in [1.82, 2.24) is 0 Å². The molecule has 1 aliphatic carbocycles. The van der Waals surface area contributed by atoms with Gasteiger partial charge in [-0.25, -0.2) is 0 Å². The van der Waals surface area contributed by atoms with E-state index < -0.39 is 18.0 Å². The van der Waals surface area contributed by atoms with Crippen LogP contribution in [0.4, 0.5) is 13.2 Å². The Bertz CT molecular complexity index is 195. The van der Waals surface area contributed by atoms with Gasteiger partial charge in [0, 0.05) is 11.8 Å². The fraction of sp³-hybridized carbons (Fsp3) is 0.875. The zero-order chi connectivity index (χ0) is 9.52. The minimum absolute atomic E-state index is 0.000509. The third-order valence-corrected chi connectivity index (χ3v) is 2.15. The Morgan fingerprint density at radius 2 is 1.92 bits per heavy atom. The molecule has 12 heavy (non-hydrogen) atoms. The minimum atomic E-state index is -4.17. The first-order valence-electron chi connectivity index (χ1n) is 3.94. The standard InChI is InChI=1S/C8H11F3O/c1-4(2)7(12)5-3-6(5)8(9,10)11/h4-6H,3H2,1-2H3. The largest absolute Gasteiger partial charge is 0.392 e. The van der Waals surface area contributed by atoms with Crippen molar-refractivity contribution < 1.29 is 18.0 Å². The van der Waals surface area contributed by atoms with Crippen LogP contribution in [0.3, 0.4) is 0 Å². The van der Waals surface area contributed by atoms with Gasteiger partial charge in [-0.1, -0.05) is 13.8 Å². The molecule has 1 saturated carbocycles. The molecule has 0 aromatic rings. The molecule has 1 nitrogen and oxygen atoms in total. The summed E-state index contributed by atoms with van der Waals surface area (Å²) in [6.45, 7) is 3.27. The van der Waals surface area contributed by atoms with E-state index in [1.54, 1.807) is 13.8 Å². The summed E-state index contributed by atoms with van der Waals surface area (Å²) >= 11 is 0. The van der Waals surface area contributed by atoms with Gasteiger partial charge in [-0.05, 0) is 6.42 Å². The van der Waals surface area contributed by atoms with Crippen molar-refractivity contribution in [2.75, 3.05) is 0 Å². The van der Waals surface area contributed by atoms with Crippen LogP contribution in [0.1, 0.15) is 20.3 Å². The first-order chi connectivity index (χ1) is 5.34. The molecule has 2 unspecified atom stereocenters. The number of ketones is 1. The van der Waals surface area contributed by atoms with E-state index in [4.69, 9.17) is 0 Å². The normalized spacial score (nSPS) is 29.2. The molecule has 1 fully saturated rings. The lowest BCUT2D eigenvalue weighted by molar-refractivity contribution is -0.155. The second kappa shape index (κ2) is 2.75. The van der Waals surface area contributed by atoms with Gasteiger partial charge in [0.2, 0.25) is 0 Å². The monoisotopic (exact) mass is 180 g/mol. The van der Waals surface area contributed by atoms with Crippen LogP contribution in [-0.4, -0.2) is 12.0 Å². The van der Waals surface area contributed by atoms with Crippen molar-refractivity contribution in [2.24, 2.45) is 17.8 Å². The van der Waals surface area contributed by atoms with Crippen LogP contribution >= 0.6 is 0 Å². The van der Waals surface area contributed by atoms with E-state index in [0.29, 0.717) is 0 Å². The number of halogens is 3. The van der Waals surface area contributed by atoms with Crippen LogP contribution in [0.25, 0.3) is 0 Å². The molecule has 0 spiro atoms. The highest BCUT2D eigenvalue weighted by atomic mass is 19.4. The van der Waals surface area contributed by atoms with Gasteiger partial charge in [-0.15, -0.1) is 0 Å². The molecule has 0 aliphatic heterocycles. The van der Waals surface area contributed by atoms with Crippen LogP contribution in [-0.2, 0) is 4.79 Å². The molecule has 0 bridgehead atoms. The van der Waals surface area contributed by atoms with Crippen molar-refractivity contribution in [3.05, 3.63) is 0 Å².